The van der Waals surface area contributed by atoms with E-state index in [4.69, 9.17) is 0 Å². The number of piperazine rings is 1. The van der Waals surface area contributed by atoms with Crippen LogP contribution in [0.25, 0.3) is 0 Å². The predicted molar refractivity (Wildman–Crippen MR) is 121 cm³/mol. The third kappa shape index (κ3) is 4.87. The van der Waals surface area contributed by atoms with Crippen molar-refractivity contribution >= 4 is 11.6 Å². The Kier molecular flexibility index (Phi) is 6.93. The number of likely N-dealkylation sites (N-methyl/N-ethyl adjacent to an activating group) is 1. The van der Waals surface area contributed by atoms with Crippen molar-refractivity contribution in [1.82, 2.24) is 24.6 Å². The molecular formula is C23H33FN6O2. The van der Waals surface area contributed by atoms with Gasteiger partial charge in [-0.1, -0.05) is 13.3 Å². The number of fused-ring (bicyclic) bond motifs is 1. The van der Waals surface area contributed by atoms with Crippen molar-refractivity contribution in [3.8, 4) is 0 Å². The first-order valence-electron chi connectivity index (χ1n) is 11.7. The Balaban J connectivity index is 1.46. The highest BCUT2D eigenvalue weighted by Gasteiger charge is 2.23. The summed E-state index contributed by atoms with van der Waals surface area (Å²) in [5.41, 5.74) is 1.46. The molecule has 2 aromatic rings. The van der Waals surface area contributed by atoms with Crippen molar-refractivity contribution in [3.63, 3.8) is 0 Å². The van der Waals surface area contributed by atoms with Gasteiger partial charge in [0.2, 0.25) is 5.91 Å². The molecule has 1 amide bonds. The van der Waals surface area contributed by atoms with Gasteiger partial charge in [0.1, 0.15) is 18.2 Å². The largest absolute Gasteiger partial charge is 0.369 e. The van der Waals surface area contributed by atoms with Crippen LogP contribution in [0.5, 0.6) is 0 Å². The Labute approximate surface area is 188 Å². The standard InChI is InChI=1S/C23H33FN6O2/c1-3-27-11-13-28(14-12-27)20-9-8-18(24)15-19(20)17(2)25-22(31)16-30-23(32)29-10-6-4-5-7-21(29)26-30/h8-9,15,17H,3-7,10-14,16H2,1-2H3,(H,25,31). The SMILES string of the molecule is CCN1CCN(c2ccc(F)cc2C(C)NC(=O)Cn2nc3n(c2=O)CCCCC3)CC1. The van der Waals surface area contributed by atoms with E-state index in [9.17, 15) is 14.0 Å². The predicted octanol–water partition coefficient (Wildman–Crippen LogP) is 1.93. The number of halogens is 1. The molecule has 4 rings (SSSR count). The molecular weight excluding hydrogens is 411 g/mol. The van der Waals surface area contributed by atoms with Gasteiger partial charge in [0.05, 0.1) is 6.04 Å². The lowest BCUT2D eigenvalue weighted by atomic mass is 10.0. The Morgan fingerprint density at radius 3 is 2.69 bits per heavy atom. The third-order valence-corrected chi connectivity index (χ3v) is 6.57. The first-order valence-corrected chi connectivity index (χ1v) is 11.7. The fourth-order valence-electron chi connectivity index (χ4n) is 4.69. The monoisotopic (exact) mass is 444 g/mol. The fourth-order valence-corrected chi connectivity index (χ4v) is 4.69. The molecule has 1 fully saturated rings. The second-order valence-electron chi connectivity index (χ2n) is 8.73. The van der Waals surface area contributed by atoms with E-state index in [-0.39, 0.29) is 24.0 Å². The molecule has 174 valence electrons. The van der Waals surface area contributed by atoms with E-state index in [0.717, 1.165) is 75.5 Å². The summed E-state index contributed by atoms with van der Waals surface area (Å²) < 4.78 is 17.0. The van der Waals surface area contributed by atoms with Crippen LogP contribution in [0.15, 0.2) is 23.0 Å². The quantitative estimate of drug-likeness (QED) is 0.737. The lowest BCUT2D eigenvalue weighted by Crippen LogP contribution is -2.46. The van der Waals surface area contributed by atoms with Crippen LogP contribution in [0.3, 0.4) is 0 Å². The van der Waals surface area contributed by atoms with Crippen molar-refractivity contribution in [3.05, 3.63) is 45.9 Å². The van der Waals surface area contributed by atoms with Gasteiger partial charge in [0.15, 0.2) is 0 Å². The smallest absolute Gasteiger partial charge is 0.346 e. The van der Waals surface area contributed by atoms with Crippen LogP contribution >= 0.6 is 0 Å². The summed E-state index contributed by atoms with van der Waals surface area (Å²) in [6.45, 7) is 9.19. The van der Waals surface area contributed by atoms with Crippen LogP contribution in [-0.4, -0.2) is 57.9 Å². The third-order valence-electron chi connectivity index (χ3n) is 6.57. The maximum Gasteiger partial charge on any atom is 0.346 e. The molecule has 1 atom stereocenters. The number of benzene rings is 1. The van der Waals surface area contributed by atoms with Crippen LogP contribution in [0, 0.1) is 5.82 Å². The van der Waals surface area contributed by atoms with E-state index >= 15 is 0 Å². The molecule has 2 aliphatic rings. The lowest BCUT2D eigenvalue weighted by molar-refractivity contribution is -0.122. The Morgan fingerprint density at radius 2 is 1.94 bits per heavy atom. The van der Waals surface area contributed by atoms with E-state index in [1.165, 1.54) is 16.8 Å². The topological polar surface area (TPSA) is 75.4 Å². The molecule has 0 radical (unpaired) electrons. The molecule has 1 N–H and O–H groups in total. The maximum absolute atomic E-state index is 14.1. The van der Waals surface area contributed by atoms with Gasteiger partial charge in [0, 0.05) is 50.4 Å². The van der Waals surface area contributed by atoms with Gasteiger partial charge in [-0.3, -0.25) is 9.36 Å². The first kappa shape index (κ1) is 22.5. The molecule has 0 spiro atoms. The molecule has 1 unspecified atom stereocenters. The summed E-state index contributed by atoms with van der Waals surface area (Å²) in [6, 6.07) is 4.37. The summed E-state index contributed by atoms with van der Waals surface area (Å²) in [7, 11) is 0. The second-order valence-corrected chi connectivity index (χ2v) is 8.73. The summed E-state index contributed by atoms with van der Waals surface area (Å²) in [6.07, 6.45) is 3.81. The molecule has 1 aromatic carbocycles. The molecule has 3 heterocycles. The number of rotatable bonds is 6. The van der Waals surface area contributed by atoms with Gasteiger partial charge in [0.25, 0.3) is 0 Å². The molecule has 1 aromatic heterocycles. The zero-order chi connectivity index (χ0) is 22.7. The molecule has 0 saturated carbocycles. The highest BCUT2D eigenvalue weighted by molar-refractivity contribution is 5.76. The van der Waals surface area contributed by atoms with Gasteiger partial charge in [-0.25, -0.2) is 13.9 Å². The molecule has 1 saturated heterocycles. The molecule has 0 aliphatic carbocycles. The van der Waals surface area contributed by atoms with Crippen LogP contribution < -0.4 is 15.9 Å². The van der Waals surface area contributed by atoms with Crippen LogP contribution in [0.4, 0.5) is 10.1 Å². The number of nitrogens with zero attached hydrogens (tertiary/aromatic N) is 5. The summed E-state index contributed by atoms with van der Waals surface area (Å²) in [5, 5.41) is 7.32. The number of nitrogens with one attached hydrogen (secondary N) is 1. The number of aryl methyl sites for hydroxylation is 1. The number of hydrogen-bond donors (Lipinski definition) is 1. The summed E-state index contributed by atoms with van der Waals surface area (Å²) >= 11 is 0. The molecule has 8 nitrogen and oxygen atoms in total. The maximum atomic E-state index is 14.1. The highest BCUT2D eigenvalue weighted by Crippen LogP contribution is 2.28. The van der Waals surface area contributed by atoms with E-state index < -0.39 is 6.04 Å². The summed E-state index contributed by atoms with van der Waals surface area (Å²) in [4.78, 5) is 30.0. The number of aromatic nitrogens is 3. The van der Waals surface area contributed by atoms with Crippen molar-refractivity contribution in [2.45, 2.75) is 58.7 Å². The molecule has 9 heteroatoms. The first-order chi connectivity index (χ1) is 15.5. The number of amides is 1. The number of anilines is 1. The fraction of sp³-hybridized carbons (Fsp3) is 0.609. The molecule has 0 bridgehead atoms. The van der Waals surface area contributed by atoms with Crippen molar-refractivity contribution < 1.29 is 9.18 Å². The van der Waals surface area contributed by atoms with Crippen LogP contribution in [-0.2, 0) is 24.3 Å². The van der Waals surface area contributed by atoms with Gasteiger partial charge >= 0.3 is 5.69 Å². The Hall–Kier alpha value is -2.68. The Morgan fingerprint density at radius 1 is 1.16 bits per heavy atom. The van der Waals surface area contributed by atoms with Crippen LogP contribution in [0.1, 0.15) is 50.5 Å². The molecule has 2 aliphatic heterocycles. The van der Waals surface area contributed by atoms with E-state index in [2.05, 4.69) is 27.1 Å². The minimum absolute atomic E-state index is 0.136. The van der Waals surface area contributed by atoms with Gasteiger partial charge in [-0.2, -0.15) is 5.10 Å². The Bertz CT molecular complexity index is 1010. The zero-order valence-corrected chi connectivity index (χ0v) is 19.0. The lowest BCUT2D eigenvalue weighted by Gasteiger charge is -2.37. The van der Waals surface area contributed by atoms with Crippen molar-refractivity contribution in [2.75, 3.05) is 37.6 Å². The highest BCUT2D eigenvalue weighted by atomic mass is 19.1. The average Bonchev–Trinajstić information content (AvgIpc) is 2.94. The van der Waals surface area contributed by atoms with E-state index in [1.807, 2.05) is 6.92 Å². The van der Waals surface area contributed by atoms with Crippen molar-refractivity contribution in [1.29, 1.82) is 0 Å². The van der Waals surface area contributed by atoms with E-state index in [1.54, 1.807) is 10.6 Å². The average molecular weight is 445 g/mol. The van der Waals surface area contributed by atoms with Gasteiger partial charge < -0.3 is 15.1 Å². The van der Waals surface area contributed by atoms with Crippen LogP contribution in [0.2, 0.25) is 0 Å². The minimum atomic E-state index is -0.395. The molecule has 32 heavy (non-hydrogen) atoms. The summed E-state index contributed by atoms with van der Waals surface area (Å²) in [5.74, 6) is 0.122. The van der Waals surface area contributed by atoms with Gasteiger partial charge in [-0.05, 0) is 44.5 Å². The zero-order valence-electron chi connectivity index (χ0n) is 19.0. The van der Waals surface area contributed by atoms with E-state index in [0.29, 0.717) is 6.54 Å². The number of carbonyl (C=O) groups excluding carboxylic acids is 1. The van der Waals surface area contributed by atoms with Crippen molar-refractivity contribution in [2.24, 2.45) is 0 Å². The minimum Gasteiger partial charge on any atom is -0.369 e. The normalized spacial score (nSPS) is 18.2. The number of hydrogen-bond acceptors (Lipinski definition) is 5. The second kappa shape index (κ2) is 9.85. The van der Waals surface area contributed by atoms with Gasteiger partial charge in [-0.15, -0.1) is 0 Å². The number of carbonyl (C=O) groups is 1.